The summed E-state index contributed by atoms with van der Waals surface area (Å²) in [5.74, 6) is -0.0417. The van der Waals surface area contributed by atoms with Crippen molar-refractivity contribution in [2.45, 2.75) is 31.3 Å². The third-order valence-corrected chi connectivity index (χ3v) is 3.43. The molecule has 2 rings (SSSR count). The molecule has 1 atom stereocenters. The number of carbonyl (C=O) groups excluding carboxylic acids is 1. The molecule has 17 heavy (non-hydrogen) atoms. The third kappa shape index (κ3) is 3.44. The van der Waals surface area contributed by atoms with Gasteiger partial charge in [0.15, 0.2) is 0 Å². The fraction of sp³-hybridized carbons (Fsp3) is 0.417. The van der Waals surface area contributed by atoms with Crippen LogP contribution >= 0.6 is 28.3 Å². The Morgan fingerprint density at radius 3 is 2.71 bits per heavy atom. The highest BCUT2D eigenvalue weighted by molar-refractivity contribution is 9.10. The van der Waals surface area contributed by atoms with Crippen LogP contribution in [0, 0.1) is 0 Å². The van der Waals surface area contributed by atoms with Crippen LogP contribution in [-0.4, -0.2) is 11.4 Å². The van der Waals surface area contributed by atoms with Crippen molar-refractivity contribution in [3.63, 3.8) is 0 Å². The Bertz CT molecular complexity index is 421. The maximum Gasteiger partial charge on any atom is 0.240 e. The molecule has 0 saturated heterocycles. The van der Waals surface area contributed by atoms with E-state index in [0.29, 0.717) is 0 Å². The Kier molecular flexibility index (Phi) is 4.58. The Hall–Kier alpha value is -0.580. The summed E-state index contributed by atoms with van der Waals surface area (Å²) in [6, 6.07) is 7.90. The van der Waals surface area contributed by atoms with Crippen molar-refractivity contribution >= 4 is 34.2 Å². The summed E-state index contributed by atoms with van der Waals surface area (Å²) in [5.41, 5.74) is 6.30. The molecule has 1 saturated carbocycles. The molecular weight excluding hydrogens is 304 g/mol. The topological polar surface area (TPSA) is 55.1 Å². The number of nitrogens with one attached hydrogen (secondary N) is 1. The smallest absolute Gasteiger partial charge is 0.240 e. The predicted molar refractivity (Wildman–Crippen MR) is 74.1 cm³/mol. The van der Waals surface area contributed by atoms with Crippen molar-refractivity contribution in [3.8, 4) is 0 Å². The molecule has 5 heteroatoms. The summed E-state index contributed by atoms with van der Waals surface area (Å²) in [4.78, 5) is 11.7. The molecule has 0 bridgehead atoms. The number of hydrogen-bond acceptors (Lipinski definition) is 2. The maximum absolute atomic E-state index is 11.7. The number of halogens is 2. The average molecular weight is 320 g/mol. The molecule has 1 aromatic carbocycles. The summed E-state index contributed by atoms with van der Waals surface area (Å²) in [6.07, 6.45) is 1.59. The van der Waals surface area contributed by atoms with Crippen LogP contribution in [0.4, 0.5) is 0 Å². The first kappa shape index (κ1) is 14.5. The molecule has 3 N–H and O–H groups in total. The highest BCUT2D eigenvalue weighted by atomic mass is 79.9. The molecule has 1 aromatic rings. The SMILES string of the molecule is CC(NC(=O)C1(N)CC1)c1cccc(Br)c1.Cl. The second kappa shape index (κ2) is 5.38. The zero-order valence-electron chi connectivity index (χ0n) is 9.57. The van der Waals surface area contributed by atoms with Gasteiger partial charge in [0.1, 0.15) is 0 Å². The number of carbonyl (C=O) groups is 1. The van der Waals surface area contributed by atoms with E-state index in [1.807, 2.05) is 31.2 Å². The van der Waals surface area contributed by atoms with Gasteiger partial charge in [-0.25, -0.2) is 0 Å². The molecule has 1 fully saturated rings. The summed E-state index contributed by atoms with van der Waals surface area (Å²) in [6.45, 7) is 1.96. The molecule has 1 aliphatic rings. The van der Waals surface area contributed by atoms with Crippen molar-refractivity contribution in [1.29, 1.82) is 0 Å². The second-order valence-corrected chi connectivity index (χ2v) is 5.32. The number of amides is 1. The largest absolute Gasteiger partial charge is 0.348 e. The molecule has 0 radical (unpaired) electrons. The van der Waals surface area contributed by atoms with E-state index >= 15 is 0 Å². The standard InChI is InChI=1S/C12H15BrN2O.ClH/c1-8(9-3-2-4-10(13)7-9)15-11(16)12(14)5-6-12;/h2-4,7-8H,5-6,14H2,1H3,(H,15,16);1H. The van der Waals surface area contributed by atoms with Crippen molar-refractivity contribution in [2.75, 3.05) is 0 Å². The Labute approximate surface area is 116 Å². The van der Waals surface area contributed by atoms with Gasteiger partial charge in [-0.05, 0) is 37.5 Å². The average Bonchev–Trinajstić information content (AvgIpc) is 2.98. The van der Waals surface area contributed by atoms with E-state index in [-0.39, 0.29) is 24.4 Å². The van der Waals surface area contributed by atoms with E-state index in [9.17, 15) is 4.79 Å². The summed E-state index contributed by atoms with van der Waals surface area (Å²) in [5, 5.41) is 2.94. The minimum absolute atomic E-state index is 0. The lowest BCUT2D eigenvalue weighted by atomic mass is 10.1. The van der Waals surface area contributed by atoms with Crippen LogP contribution in [-0.2, 0) is 4.79 Å². The highest BCUT2D eigenvalue weighted by Gasteiger charge is 2.46. The normalized spacial score (nSPS) is 17.8. The van der Waals surface area contributed by atoms with Crippen LogP contribution in [0.3, 0.4) is 0 Å². The molecule has 1 aliphatic carbocycles. The van der Waals surface area contributed by atoms with Crippen LogP contribution in [0.25, 0.3) is 0 Å². The van der Waals surface area contributed by atoms with Crippen LogP contribution < -0.4 is 11.1 Å². The van der Waals surface area contributed by atoms with Gasteiger partial charge >= 0.3 is 0 Å². The second-order valence-electron chi connectivity index (χ2n) is 4.41. The Morgan fingerprint density at radius 1 is 1.53 bits per heavy atom. The van der Waals surface area contributed by atoms with Crippen molar-refractivity contribution in [1.82, 2.24) is 5.32 Å². The Balaban J connectivity index is 0.00000144. The maximum atomic E-state index is 11.7. The number of benzene rings is 1. The lowest BCUT2D eigenvalue weighted by Gasteiger charge is -2.17. The summed E-state index contributed by atoms with van der Waals surface area (Å²) in [7, 11) is 0. The predicted octanol–water partition coefficient (Wildman–Crippen LogP) is 2.54. The molecule has 0 heterocycles. The first-order valence-electron chi connectivity index (χ1n) is 5.36. The van der Waals surface area contributed by atoms with Crippen LogP contribution in [0.5, 0.6) is 0 Å². The number of nitrogens with two attached hydrogens (primary N) is 1. The van der Waals surface area contributed by atoms with Gasteiger partial charge in [0, 0.05) is 4.47 Å². The fourth-order valence-electron chi connectivity index (χ4n) is 1.56. The zero-order chi connectivity index (χ0) is 11.8. The fourth-order valence-corrected chi connectivity index (χ4v) is 1.98. The molecule has 1 amide bonds. The van der Waals surface area contributed by atoms with Crippen LogP contribution in [0.2, 0.25) is 0 Å². The van der Waals surface area contributed by atoms with Gasteiger partial charge in [0.25, 0.3) is 0 Å². The van der Waals surface area contributed by atoms with Crippen molar-refractivity contribution < 1.29 is 4.79 Å². The minimum Gasteiger partial charge on any atom is -0.348 e. The molecule has 0 aliphatic heterocycles. The van der Waals surface area contributed by atoms with Gasteiger partial charge in [0.05, 0.1) is 11.6 Å². The van der Waals surface area contributed by atoms with E-state index in [0.717, 1.165) is 22.9 Å². The number of rotatable bonds is 3. The summed E-state index contributed by atoms with van der Waals surface area (Å²) >= 11 is 3.41. The first-order chi connectivity index (χ1) is 7.51. The first-order valence-corrected chi connectivity index (χ1v) is 6.16. The van der Waals surface area contributed by atoms with E-state index < -0.39 is 5.54 Å². The Morgan fingerprint density at radius 2 is 2.18 bits per heavy atom. The van der Waals surface area contributed by atoms with Gasteiger partial charge in [-0.2, -0.15) is 0 Å². The van der Waals surface area contributed by atoms with Crippen LogP contribution in [0.15, 0.2) is 28.7 Å². The van der Waals surface area contributed by atoms with Gasteiger partial charge in [-0.3, -0.25) is 4.79 Å². The van der Waals surface area contributed by atoms with Gasteiger partial charge in [-0.15, -0.1) is 12.4 Å². The van der Waals surface area contributed by atoms with Gasteiger partial charge in [0.2, 0.25) is 5.91 Å². The van der Waals surface area contributed by atoms with E-state index in [1.165, 1.54) is 0 Å². The quantitative estimate of drug-likeness (QED) is 0.899. The minimum atomic E-state index is -0.597. The van der Waals surface area contributed by atoms with Crippen molar-refractivity contribution in [2.24, 2.45) is 5.73 Å². The highest BCUT2D eigenvalue weighted by Crippen LogP contribution is 2.33. The molecule has 3 nitrogen and oxygen atoms in total. The molecule has 0 spiro atoms. The van der Waals surface area contributed by atoms with Gasteiger partial charge < -0.3 is 11.1 Å². The van der Waals surface area contributed by atoms with Gasteiger partial charge in [-0.1, -0.05) is 28.1 Å². The van der Waals surface area contributed by atoms with E-state index in [2.05, 4.69) is 21.2 Å². The lowest BCUT2D eigenvalue weighted by molar-refractivity contribution is -0.123. The van der Waals surface area contributed by atoms with Crippen molar-refractivity contribution in [3.05, 3.63) is 34.3 Å². The van der Waals surface area contributed by atoms with E-state index in [4.69, 9.17) is 5.73 Å². The number of hydrogen-bond donors (Lipinski definition) is 2. The zero-order valence-corrected chi connectivity index (χ0v) is 12.0. The molecule has 0 aromatic heterocycles. The molecule has 1 unspecified atom stereocenters. The third-order valence-electron chi connectivity index (χ3n) is 2.94. The summed E-state index contributed by atoms with van der Waals surface area (Å²) < 4.78 is 1.01. The molecular formula is C12H16BrClN2O. The van der Waals surface area contributed by atoms with Crippen LogP contribution in [0.1, 0.15) is 31.4 Å². The molecule has 94 valence electrons. The monoisotopic (exact) mass is 318 g/mol. The van der Waals surface area contributed by atoms with E-state index in [1.54, 1.807) is 0 Å². The lowest BCUT2D eigenvalue weighted by Crippen LogP contribution is -2.43.